The molecule has 0 aliphatic heterocycles. The van der Waals surface area contributed by atoms with E-state index >= 15 is 0 Å². The highest BCUT2D eigenvalue weighted by atomic mass is 32.2. The molecule has 1 atom stereocenters. The van der Waals surface area contributed by atoms with E-state index in [1.54, 1.807) is 25.1 Å². The Morgan fingerprint density at radius 1 is 1.26 bits per heavy atom. The number of hydrogen-bond acceptors (Lipinski definition) is 6. The molecule has 0 bridgehead atoms. The van der Waals surface area contributed by atoms with Crippen molar-refractivity contribution in [3.05, 3.63) is 35.3 Å². The summed E-state index contributed by atoms with van der Waals surface area (Å²) < 4.78 is 31.9. The Morgan fingerprint density at radius 2 is 1.96 bits per heavy atom. The molecule has 1 amide bonds. The SMILES string of the molecule is Cc1cccc(NC(=O)C(C)NS(=O)(=O)c2c(C)noc2C)n1. The lowest BCUT2D eigenvalue weighted by Crippen LogP contribution is -2.41. The minimum atomic E-state index is -3.91. The average molecular weight is 338 g/mol. The van der Waals surface area contributed by atoms with Gasteiger partial charge in [-0.1, -0.05) is 11.2 Å². The first-order valence-electron chi connectivity index (χ1n) is 6.90. The molecule has 2 aromatic heterocycles. The standard InChI is InChI=1S/C14H18N4O4S/c1-8-6-5-7-12(15-8)16-14(19)10(3)18-23(20,21)13-9(2)17-22-11(13)4/h5-7,10,18H,1-4H3,(H,15,16,19). The maximum Gasteiger partial charge on any atom is 0.246 e. The van der Waals surface area contributed by atoms with Crippen molar-refractivity contribution < 1.29 is 17.7 Å². The molecular weight excluding hydrogens is 320 g/mol. The summed E-state index contributed by atoms with van der Waals surface area (Å²) in [7, 11) is -3.91. The van der Waals surface area contributed by atoms with Crippen LogP contribution >= 0.6 is 0 Å². The van der Waals surface area contributed by atoms with Gasteiger partial charge in [0, 0.05) is 5.69 Å². The highest BCUT2D eigenvalue weighted by Gasteiger charge is 2.28. The van der Waals surface area contributed by atoms with Crippen LogP contribution in [0.3, 0.4) is 0 Å². The second kappa shape index (κ2) is 6.47. The van der Waals surface area contributed by atoms with Gasteiger partial charge in [0.2, 0.25) is 15.9 Å². The van der Waals surface area contributed by atoms with Crippen molar-refractivity contribution in [2.75, 3.05) is 5.32 Å². The van der Waals surface area contributed by atoms with Gasteiger partial charge in [-0.15, -0.1) is 0 Å². The van der Waals surface area contributed by atoms with Gasteiger partial charge in [-0.05, 0) is 39.8 Å². The average Bonchev–Trinajstić information content (AvgIpc) is 2.78. The van der Waals surface area contributed by atoms with Crippen molar-refractivity contribution in [1.82, 2.24) is 14.9 Å². The molecule has 2 rings (SSSR count). The Bertz CT molecular complexity index is 810. The lowest BCUT2D eigenvalue weighted by Gasteiger charge is -2.14. The quantitative estimate of drug-likeness (QED) is 0.849. The van der Waals surface area contributed by atoms with Crippen molar-refractivity contribution in [3.63, 3.8) is 0 Å². The molecule has 2 N–H and O–H groups in total. The van der Waals surface area contributed by atoms with Crippen molar-refractivity contribution in [1.29, 1.82) is 0 Å². The molecule has 0 saturated carbocycles. The number of anilines is 1. The van der Waals surface area contributed by atoms with Crippen molar-refractivity contribution in [3.8, 4) is 0 Å². The monoisotopic (exact) mass is 338 g/mol. The Hall–Kier alpha value is -2.26. The first kappa shape index (κ1) is 17.1. The lowest BCUT2D eigenvalue weighted by molar-refractivity contribution is -0.117. The van der Waals surface area contributed by atoms with Gasteiger partial charge in [0.1, 0.15) is 16.4 Å². The summed E-state index contributed by atoms with van der Waals surface area (Å²) in [6.45, 7) is 6.25. The number of amides is 1. The van der Waals surface area contributed by atoms with Gasteiger partial charge >= 0.3 is 0 Å². The second-order valence-corrected chi connectivity index (χ2v) is 6.80. The fraction of sp³-hybridized carbons (Fsp3) is 0.357. The Kier molecular flexibility index (Phi) is 4.81. The van der Waals surface area contributed by atoms with Crippen molar-refractivity contribution in [2.45, 2.75) is 38.6 Å². The molecule has 8 nitrogen and oxygen atoms in total. The van der Waals surface area contributed by atoms with Crippen LogP contribution in [0.4, 0.5) is 5.82 Å². The zero-order valence-corrected chi connectivity index (χ0v) is 14.1. The molecule has 0 radical (unpaired) electrons. The lowest BCUT2D eigenvalue weighted by atomic mass is 10.3. The summed E-state index contributed by atoms with van der Waals surface area (Å²) >= 11 is 0. The van der Waals surface area contributed by atoms with Crippen LogP contribution in [0.2, 0.25) is 0 Å². The number of hydrogen-bond donors (Lipinski definition) is 2. The third kappa shape index (κ3) is 3.93. The summed E-state index contributed by atoms with van der Waals surface area (Å²) in [6, 6.07) is 4.17. The van der Waals surface area contributed by atoms with Crippen LogP contribution < -0.4 is 10.0 Å². The topological polar surface area (TPSA) is 114 Å². The summed E-state index contributed by atoms with van der Waals surface area (Å²) in [5.41, 5.74) is 0.981. The zero-order valence-electron chi connectivity index (χ0n) is 13.2. The van der Waals surface area contributed by atoms with Crippen LogP contribution in [0.25, 0.3) is 0 Å². The third-order valence-corrected chi connectivity index (χ3v) is 4.89. The second-order valence-electron chi connectivity index (χ2n) is 5.15. The molecule has 0 spiro atoms. The van der Waals surface area contributed by atoms with E-state index in [0.717, 1.165) is 5.69 Å². The van der Waals surface area contributed by atoms with Crippen LogP contribution in [-0.2, 0) is 14.8 Å². The molecule has 0 aromatic carbocycles. The molecule has 0 fully saturated rings. The molecule has 9 heteroatoms. The van der Waals surface area contributed by atoms with E-state index in [4.69, 9.17) is 4.52 Å². The summed E-state index contributed by atoms with van der Waals surface area (Å²) in [6.07, 6.45) is 0. The van der Waals surface area contributed by atoms with Gasteiger partial charge in [-0.2, -0.15) is 4.72 Å². The number of carbonyl (C=O) groups excluding carboxylic acids is 1. The smallest absolute Gasteiger partial charge is 0.246 e. The first-order valence-corrected chi connectivity index (χ1v) is 8.39. The largest absolute Gasteiger partial charge is 0.360 e. The van der Waals surface area contributed by atoms with Gasteiger partial charge < -0.3 is 9.84 Å². The first-order chi connectivity index (χ1) is 10.7. The molecule has 2 aromatic rings. The van der Waals surface area contributed by atoms with E-state index in [2.05, 4.69) is 20.2 Å². The number of nitrogens with zero attached hydrogens (tertiary/aromatic N) is 2. The molecule has 0 aliphatic carbocycles. The summed E-state index contributed by atoms with van der Waals surface area (Å²) in [5.74, 6) is 0.0137. The third-order valence-electron chi connectivity index (χ3n) is 3.10. The normalized spacial score (nSPS) is 12.9. The van der Waals surface area contributed by atoms with Crippen molar-refractivity contribution >= 4 is 21.7 Å². The van der Waals surface area contributed by atoms with Gasteiger partial charge in [0.15, 0.2) is 5.76 Å². The predicted octanol–water partition coefficient (Wildman–Crippen LogP) is 1.30. The minimum Gasteiger partial charge on any atom is -0.360 e. The summed E-state index contributed by atoms with van der Waals surface area (Å²) in [4.78, 5) is 16.2. The maximum absolute atomic E-state index is 12.3. The highest BCUT2D eigenvalue weighted by Crippen LogP contribution is 2.19. The van der Waals surface area contributed by atoms with E-state index in [9.17, 15) is 13.2 Å². The molecular formula is C14H18N4O4S. The molecule has 124 valence electrons. The number of pyridine rings is 1. The molecule has 23 heavy (non-hydrogen) atoms. The molecule has 0 aliphatic rings. The highest BCUT2D eigenvalue weighted by molar-refractivity contribution is 7.89. The van der Waals surface area contributed by atoms with Crippen LogP contribution in [0.1, 0.15) is 24.1 Å². The minimum absolute atomic E-state index is 0.0502. The maximum atomic E-state index is 12.3. The summed E-state index contributed by atoms with van der Waals surface area (Å²) in [5, 5.41) is 6.17. The van der Waals surface area contributed by atoms with Crippen LogP contribution in [0.15, 0.2) is 27.6 Å². The van der Waals surface area contributed by atoms with E-state index in [1.165, 1.54) is 20.8 Å². The Morgan fingerprint density at radius 3 is 2.52 bits per heavy atom. The molecule has 0 saturated heterocycles. The molecule has 1 unspecified atom stereocenters. The van der Waals surface area contributed by atoms with Crippen LogP contribution in [0, 0.1) is 20.8 Å². The van der Waals surface area contributed by atoms with Crippen LogP contribution in [0.5, 0.6) is 0 Å². The van der Waals surface area contributed by atoms with E-state index in [0.29, 0.717) is 5.82 Å². The Balaban J connectivity index is 2.12. The van der Waals surface area contributed by atoms with Crippen molar-refractivity contribution in [2.24, 2.45) is 0 Å². The molecule has 2 heterocycles. The number of sulfonamides is 1. The Labute approximate surface area is 134 Å². The fourth-order valence-corrected chi connectivity index (χ4v) is 3.58. The number of aryl methyl sites for hydroxylation is 3. The number of aromatic nitrogens is 2. The number of carbonyl (C=O) groups is 1. The van der Waals surface area contributed by atoms with Gasteiger partial charge in [0.25, 0.3) is 0 Å². The van der Waals surface area contributed by atoms with E-state index < -0.39 is 22.0 Å². The van der Waals surface area contributed by atoms with E-state index in [-0.39, 0.29) is 16.3 Å². The number of rotatable bonds is 5. The van der Waals surface area contributed by atoms with Gasteiger partial charge in [-0.3, -0.25) is 4.79 Å². The number of nitrogens with one attached hydrogen (secondary N) is 2. The fourth-order valence-electron chi connectivity index (χ4n) is 2.05. The van der Waals surface area contributed by atoms with Gasteiger partial charge in [0.05, 0.1) is 6.04 Å². The van der Waals surface area contributed by atoms with E-state index in [1.807, 2.05) is 0 Å². The zero-order chi connectivity index (χ0) is 17.2. The predicted molar refractivity (Wildman–Crippen MR) is 83.4 cm³/mol. The van der Waals surface area contributed by atoms with Gasteiger partial charge in [-0.25, -0.2) is 13.4 Å². The van der Waals surface area contributed by atoms with Crippen LogP contribution in [-0.4, -0.2) is 30.5 Å².